The summed E-state index contributed by atoms with van der Waals surface area (Å²) in [5.74, 6) is 0. The van der Waals surface area contributed by atoms with Crippen LogP contribution in [0.4, 0.5) is 0 Å². The van der Waals surface area contributed by atoms with Crippen molar-refractivity contribution in [1.82, 2.24) is 5.32 Å². The van der Waals surface area contributed by atoms with E-state index in [2.05, 4.69) is 67.1 Å². The molecule has 18 heavy (non-hydrogen) atoms. The van der Waals surface area contributed by atoms with Crippen molar-refractivity contribution in [3.63, 3.8) is 0 Å². The zero-order valence-corrected chi connectivity index (χ0v) is 13.5. The minimum atomic E-state index is -0.0928. The topological polar surface area (TPSA) is 38.0 Å². The lowest BCUT2D eigenvalue weighted by Crippen LogP contribution is -2.39. The van der Waals surface area contributed by atoms with E-state index in [9.17, 15) is 0 Å². The van der Waals surface area contributed by atoms with E-state index in [0.717, 1.165) is 19.5 Å². The summed E-state index contributed by atoms with van der Waals surface area (Å²) >= 11 is 3.63. The SMILES string of the molecule is CC(C)(N)CCNCC(C)(C)c1ccccc1Br. The van der Waals surface area contributed by atoms with Gasteiger partial charge in [0.15, 0.2) is 0 Å². The van der Waals surface area contributed by atoms with Crippen molar-refractivity contribution in [2.24, 2.45) is 5.73 Å². The van der Waals surface area contributed by atoms with Gasteiger partial charge in [-0.3, -0.25) is 0 Å². The molecule has 0 unspecified atom stereocenters. The quantitative estimate of drug-likeness (QED) is 0.790. The molecule has 3 N–H and O–H groups in total. The number of nitrogens with two attached hydrogens (primary N) is 1. The minimum absolute atomic E-state index is 0.0928. The molecular weight excluding hydrogens is 288 g/mol. The highest BCUT2D eigenvalue weighted by Gasteiger charge is 2.22. The predicted octanol–water partition coefficient (Wildman–Crippen LogP) is 3.44. The van der Waals surface area contributed by atoms with Gasteiger partial charge in [0.2, 0.25) is 0 Å². The fraction of sp³-hybridized carbons (Fsp3) is 0.600. The van der Waals surface area contributed by atoms with E-state index in [4.69, 9.17) is 5.73 Å². The molecule has 0 atom stereocenters. The number of hydrogen-bond donors (Lipinski definition) is 2. The van der Waals surface area contributed by atoms with Gasteiger partial charge in [-0.15, -0.1) is 0 Å². The zero-order valence-electron chi connectivity index (χ0n) is 11.9. The molecule has 0 aliphatic rings. The lowest BCUT2D eigenvalue weighted by Gasteiger charge is -2.28. The number of hydrogen-bond acceptors (Lipinski definition) is 2. The molecule has 0 amide bonds. The molecule has 0 heterocycles. The standard InChI is InChI=1S/C15H25BrN2/c1-14(2,11-18-10-9-15(3,4)17)12-7-5-6-8-13(12)16/h5-8,18H,9-11,17H2,1-4H3. The molecule has 102 valence electrons. The summed E-state index contributed by atoms with van der Waals surface area (Å²) in [7, 11) is 0. The Morgan fingerprint density at radius 1 is 1.17 bits per heavy atom. The molecule has 0 radical (unpaired) electrons. The van der Waals surface area contributed by atoms with E-state index in [1.54, 1.807) is 0 Å². The Balaban J connectivity index is 2.53. The highest BCUT2D eigenvalue weighted by atomic mass is 79.9. The van der Waals surface area contributed by atoms with E-state index in [1.807, 2.05) is 6.07 Å². The van der Waals surface area contributed by atoms with Crippen LogP contribution in [0.1, 0.15) is 39.7 Å². The van der Waals surface area contributed by atoms with Gasteiger partial charge in [-0.05, 0) is 38.4 Å². The third-order valence-corrected chi connectivity index (χ3v) is 3.81. The summed E-state index contributed by atoms with van der Waals surface area (Å²) in [6.45, 7) is 10.5. The molecule has 0 fully saturated rings. The Hall–Kier alpha value is -0.380. The molecule has 1 rings (SSSR count). The normalized spacial score (nSPS) is 12.8. The molecule has 0 aromatic heterocycles. The van der Waals surface area contributed by atoms with Gasteiger partial charge in [0.05, 0.1) is 0 Å². The average molecular weight is 313 g/mol. The summed E-state index contributed by atoms with van der Waals surface area (Å²) < 4.78 is 1.18. The van der Waals surface area contributed by atoms with Crippen LogP contribution < -0.4 is 11.1 Å². The second kappa shape index (κ2) is 6.18. The first kappa shape index (κ1) is 15.7. The molecule has 0 aliphatic carbocycles. The van der Waals surface area contributed by atoms with Crippen LogP contribution in [-0.4, -0.2) is 18.6 Å². The summed E-state index contributed by atoms with van der Waals surface area (Å²) in [5.41, 5.74) is 7.33. The predicted molar refractivity (Wildman–Crippen MR) is 82.9 cm³/mol. The van der Waals surface area contributed by atoms with Crippen molar-refractivity contribution in [3.8, 4) is 0 Å². The van der Waals surface area contributed by atoms with E-state index in [-0.39, 0.29) is 11.0 Å². The van der Waals surface area contributed by atoms with E-state index in [1.165, 1.54) is 10.0 Å². The average Bonchev–Trinajstić information content (AvgIpc) is 2.24. The molecule has 0 aliphatic heterocycles. The summed E-state index contributed by atoms with van der Waals surface area (Å²) in [6, 6.07) is 8.41. The monoisotopic (exact) mass is 312 g/mol. The van der Waals surface area contributed by atoms with Crippen molar-refractivity contribution >= 4 is 15.9 Å². The Morgan fingerprint density at radius 3 is 2.33 bits per heavy atom. The van der Waals surface area contributed by atoms with E-state index < -0.39 is 0 Å². The van der Waals surface area contributed by atoms with Crippen molar-refractivity contribution < 1.29 is 0 Å². The summed E-state index contributed by atoms with van der Waals surface area (Å²) in [5, 5.41) is 3.51. The highest BCUT2D eigenvalue weighted by Crippen LogP contribution is 2.29. The van der Waals surface area contributed by atoms with Gasteiger partial charge in [-0.25, -0.2) is 0 Å². The number of nitrogens with one attached hydrogen (secondary N) is 1. The second-order valence-corrected chi connectivity index (χ2v) is 7.13. The molecule has 1 aromatic carbocycles. The maximum absolute atomic E-state index is 5.97. The first-order chi connectivity index (χ1) is 8.22. The third kappa shape index (κ3) is 5.09. The number of halogens is 1. The molecule has 0 bridgehead atoms. The second-order valence-electron chi connectivity index (χ2n) is 6.28. The van der Waals surface area contributed by atoms with Gasteiger partial charge in [0.1, 0.15) is 0 Å². The molecule has 0 saturated heterocycles. The Morgan fingerprint density at radius 2 is 1.78 bits per heavy atom. The Bertz CT molecular complexity index is 380. The fourth-order valence-electron chi connectivity index (χ4n) is 1.92. The Labute approximate surface area is 119 Å². The third-order valence-electron chi connectivity index (χ3n) is 3.12. The largest absolute Gasteiger partial charge is 0.326 e. The fourth-order valence-corrected chi connectivity index (χ4v) is 2.74. The van der Waals surface area contributed by atoms with Crippen LogP contribution >= 0.6 is 15.9 Å². The van der Waals surface area contributed by atoms with Gasteiger partial charge in [0.25, 0.3) is 0 Å². The van der Waals surface area contributed by atoms with Crippen LogP contribution in [-0.2, 0) is 5.41 Å². The summed E-state index contributed by atoms with van der Waals surface area (Å²) in [6.07, 6.45) is 0.985. The lowest BCUT2D eigenvalue weighted by molar-refractivity contribution is 0.417. The lowest BCUT2D eigenvalue weighted by atomic mass is 9.84. The first-order valence-corrected chi connectivity index (χ1v) is 7.26. The number of rotatable bonds is 6. The molecule has 0 saturated carbocycles. The first-order valence-electron chi connectivity index (χ1n) is 6.47. The molecule has 0 spiro atoms. The van der Waals surface area contributed by atoms with E-state index in [0.29, 0.717) is 0 Å². The van der Waals surface area contributed by atoms with Crippen LogP contribution in [0.3, 0.4) is 0 Å². The maximum Gasteiger partial charge on any atom is 0.0213 e. The van der Waals surface area contributed by atoms with Crippen molar-refractivity contribution in [1.29, 1.82) is 0 Å². The van der Waals surface area contributed by atoms with Crippen molar-refractivity contribution in [2.45, 2.75) is 45.1 Å². The highest BCUT2D eigenvalue weighted by molar-refractivity contribution is 9.10. The van der Waals surface area contributed by atoms with Crippen LogP contribution in [0, 0.1) is 0 Å². The van der Waals surface area contributed by atoms with Crippen LogP contribution in [0.5, 0.6) is 0 Å². The van der Waals surface area contributed by atoms with Crippen LogP contribution in [0.2, 0.25) is 0 Å². The Kier molecular flexibility index (Phi) is 5.38. The number of benzene rings is 1. The maximum atomic E-state index is 5.97. The van der Waals surface area contributed by atoms with Gasteiger partial charge < -0.3 is 11.1 Å². The molecule has 2 nitrogen and oxygen atoms in total. The van der Waals surface area contributed by atoms with Gasteiger partial charge in [-0.1, -0.05) is 48.0 Å². The molecule has 1 aromatic rings. The molecule has 3 heteroatoms. The minimum Gasteiger partial charge on any atom is -0.326 e. The zero-order chi connectivity index (χ0) is 13.8. The van der Waals surface area contributed by atoms with Gasteiger partial charge >= 0.3 is 0 Å². The van der Waals surface area contributed by atoms with Crippen LogP contribution in [0.25, 0.3) is 0 Å². The van der Waals surface area contributed by atoms with Crippen molar-refractivity contribution in [3.05, 3.63) is 34.3 Å². The van der Waals surface area contributed by atoms with E-state index >= 15 is 0 Å². The smallest absolute Gasteiger partial charge is 0.0213 e. The summed E-state index contributed by atoms with van der Waals surface area (Å²) in [4.78, 5) is 0. The van der Waals surface area contributed by atoms with Gasteiger partial charge in [0, 0.05) is 22.0 Å². The van der Waals surface area contributed by atoms with Crippen LogP contribution in [0.15, 0.2) is 28.7 Å². The molecular formula is C15H25BrN2. The van der Waals surface area contributed by atoms with Crippen molar-refractivity contribution in [2.75, 3.05) is 13.1 Å². The van der Waals surface area contributed by atoms with Gasteiger partial charge in [-0.2, -0.15) is 0 Å².